The summed E-state index contributed by atoms with van der Waals surface area (Å²) in [6.45, 7) is 28.7. The van der Waals surface area contributed by atoms with Crippen LogP contribution in [0.3, 0.4) is 0 Å². The molecule has 0 atom stereocenters. The Bertz CT molecular complexity index is 3400. The van der Waals surface area contributed by atoms with Crippen LogP contribution in [0.25, 0.3) is 0 Å². The summed E-state index contributed by atoms with van der Waals surface area (Å²) in [6, 6.07) is 28.7. The van der Waals surface area contributed by atoms with Gasteiger partial charge in [0.1, 0.15) is 0 Å². The van der Waals surface area contributed by atoms with Crippen LogP contribution in [0.4, 0.5) is 50.3 Å². The number of alkyl halides is 3. The first-order valence-electron chi connectivity index (χ1n) is 24.3. The average molecular weight is 1020 g/mol. The summed E-state index contributed by atoms with van der Waals surface area (Å²) in [5.41, 5.74) is 11.4. The monoisotopic (exact) mass is 1020 g/mol. The van der Waals surface area contributed by atoms with Crippen LogP contribution < -0.4 is 14.2 Å². The fraction of sp³-hybridized carbons (Fsp3) is 0.300. The van der Waals surface area contributed by atoms with E-state index in [0.717, 1.165) is 62.3 Å². The molecule has 0 saturated carbocycles. The zero-order chi connectivity index (χ0) is 55.3. The average Bonchev–Trinajstić information content (AvgIpc) is 3.90. The predicted octanol–water partition coefficient (Wildman–Crippen LogP) is 15.2. The maximum Gasteiger partial charge on any atom is 0.608 e. The Kier molecular flexibility index (Phi) is 14.8. The lowest BCUT2D eigenvalue weighted by Gasteiger charge is -2.20. The summed E-state index contributed by atoms with van der Waals surface area (Å²) in [5, 5.41) is 10.8. The van der Waals surface area contributed by atoms with Crippen molar-refractivity contribution in [2.75, 3.05) is 0 Å². The van der Waals surface area contributed by atoms with E-state index in [9.17, 15) is 37.7 Å². The number of nitro groups is 1. The van der Waals surface area contributed by atoms with Crippen LogP contribution in [-0.2, 0) is 22.4 Å². The molecule has 388 valence electrons. The number of fused-ring (bicyclic) bond motifs is 3. The number of benzene rings is 6. The van der Waals surface area contributed by atoms with Gasteiger partial charge in [0.05, 0.1) is 10.5 Å². The summed E-state index contributed by atoms with van der Waals surface area (Å²) in [4.78, 5) is 47.5. The number of hydrogen-bond donors (Lipinski definition) is 0. The number of carbonyl (C=O) groups excluding carboxylic acids is 3. The molecule has 6 aromatic carbocycles. The van der Waals surface area contributed by atoms with E-state index in [4.69, 9.17) is 14.2 Å². The number of non-ortho nitro benzene ring substituents is 1. The highest BCUT2D eigenvalue weighted by molar-refractivity contribution is 5.89. The Morgan fingerprint density at radius 2 is 0.813 bits per heavy atom. The Balaban J connectivity index is 0.000000164. The second-order valence-electron chi connectivity index (χ2n) is 22.2. The molecule has 0 radical (unpaired) electrons. The molecule has 12 nitrogen and oxygen atoms in total. The second-order valence-corrected chi connectivity index (χ2v) is 22.2. The van der Waals surface area contributed by atoms with E-state index in [2.05, 4.69) is 79.7 Å². The zero-order valence-electron chi connectivity index (χ0n) is 44.7. The largest absolute Gasteiger partial charge is 0.608 e. The number of aryl methyl sites for hydroxylation is 5. The van der Waals surface area contributed by atoms with Crippen LogP contribution in [0, 0.1) is 44.7 Å². The van der Waals surface area contributed by atoms with Crippen molar-refractivity contribution in [1.82, 2.24) is 0 Å². The van der Waals surface area contributed by atoms with Gasteiger partial charge in [-0.3, -0.25) is 10.1 Å². The summed E-state index contributed by atoms with van der Waals surface area (Å²) in [6.07, 6.45) is -0.801. The maximum atomic E-state index is 12.7. The number of amides is 3. The number of carbonyl (C=O) groups is 3. The minimum atomic E-state index is -4.39. The van der Waals surface area contributed by atoms with Gasteiger partial charge in [-0.1, -0.05) is 112 Å². The lowest BCUT2D eigenvalue weighted by atomic mass is 9.85. The van der Waals surface area contributed by atoms with E-state index < -0.39 is 28.8 Å². The Morgan fingerprint density at radius 1 is 0.467 bits per heavy atom. The number of rotatable bonds is 4. The smallest absolute Gasteiger partial charge is 0.365 e. The SMILES string of the molecule is Cc1cc2c(c(C(C)(C)C)c1)OC(=O)/[N+]2=C/c1ccc(C(F)(F)F)cc1.Cc1cc2c(c(C(C)(C)C)c1)OC(=O)/[N+]2=C/c1ccc([N+](=O)[O-])cc1.Cc1ccc(C)c(/C=[N+]2/C(=O)Oc3c2cc(C)cc3C(C)(C)C)c1. The Hall–Kier alpha value is -8.07. The third-order valence-electron chi connectivity index (χ3n) is 12.6. The van der Waals surface area contributed by atoms with E-state index in [-0.39, 0.29) is 28.0 Å². The fourth-order valence-electron chi connectivity index (χ4n) is 8.64. The molecule has 0 spiro atoms. The third-order valence-corrected chi connectivity index (χ3v) is 12.6. The number of hydrogen-bond acceptors (Lipinski definition) is 8. The minimum absolute atomic E-state index is 0.00686. The van der Waals surface area contributed by atoms with E-state index in [0.29, 0.717) is 39.8 Å². The quantitative estimate of drug-likeness (QED) is 0.0969. The van der Waals surface area contributed by atoms with Crippen LogP contribution in [0.15, 0.2) is 103 Å². The van der Waals surface area contributed by atoms with Crippen molar-refractivity contribution in [3.63, 3.8) is 0 Å². The number of halogens is 3. The van der Waals surface area contributed by atoms with Gasteiger partial charge in [0.25, 0.3) is 22.7 Å². The number of ether oxygens (including phenoxy) is 3. The minimum Gasteiger partial charge on any atom is -0.365 e. The third kappa shape index (κ3) is 12.1. The molecule has 15 heteroatoms. The normalized spacial score (nSPS) is 15.6. The molecule has 3 aliphatic rings. The zero-order valence-corrected chi connectivity index (χ0v) is 44.7. The molecule has 9 rings (SSSR count). The summed E-state index contributed by atoms with van der Waals surface area (Å²) in [7, 11) is 0. The van der Waals surface area contributed by atoms with Crippen molar-refractivity contribution in [3.8, 4) is 17.2 Å². The van der Waals surface area contributed by atoms with Crippen LogP contribution in [0.5, 0.6) is 17.2 Å². The van der Waals surface area contributed by atoms with Crippen LogP contribution in [0.1, 0.15) is 129 Å². The molecule has 0 aliphatic carbocycles. The number of nitrogens with zero attached hydrogens (tertiary/aromatic N) is 4. The lowest BCUT2D eigenvalue weighted by Crippen LogP contribution is -2.15. The highest BCUT2D eigenvalue weighted by Gasteiger charge is 2.43. The molecule has 3 aliphatic heterocycles. The van der Waals surface area contributed by atoms with E-state index in [1.165, 1.54) is 45.2 Å². The van der Waals surface area contributed by atoms with Gasteiger partial charge in [-0.2, -0.15) is 27.6 Å². The van der Waals surface area contributed by atoms with E-state index >= 15 is 0 Å². The second kappa shape index (κ2) is 20.3. The molecular weight excluding hydrogens is 962 g/mol. The molecule has 75 heavy (non-hydrogen) atoms. The maximum absolute atomic E-state index is 12.7. The van der Waals surface area contributed by atoms with Crippen molar-refractivity contribution in [3.05, 3.63) is 180 Å². The van der Waals surface area contributed by atoms with Crippen molar-refractivity contribution in [2.24, 2.45) is 0 Å². The molecule has 3 amide bonds. The Labute approximate surface area is 435 Å². The van der Waals surface area contributed by atoms with Gasteiger partial charge in [-0.25, -0.2) is 0 Å². The molecule has 0 N–H and O–H groups in total. The van der Waals surface area contributed by atoms with Gasteiger partial charge in [-0.15, -0.1) is 0 Å². The highest BCUT2D eigenvalue weighted by Crippen LogP contribution is 2.46. The summed E-state index contributed by atoms with van der Waals surface area (Å²) in [5.74, 6) is 1.75. The van der Waals surface area contributed by atoms with Gasteiger partial charge >= 0.3 is 24.5 Å². The van der Waals surface area contributed by atoms with Crippen LogP contribution >= 0.6 is 0 Å². The summed E-state index contributed by atoms with van der Waals surface area (Å²) >= 11 is 0. The number of nitro benzene ring substituents is 1. The van der Waals surface area contributed by atoms with Crippen molar-refractivity contribution in [2.45, 2.75) is 119 Å². The van der Waals surface area contributed by atoms with Crippen molar-refractivity contribution >= 4 is 59.7 Å². The van der Waals surface area contributed by atoms with Crippen molar-refractivity contribution < 1.29 is 60.4 Å². The van der Waals surface area contributed by atoms with Gasteiger partial charge in [0.2, 0.25) is 17.2 Å². The van der Waals surface area contributed by atoms with E-state index in [1.807, 2.05) is 78.1 Å². The standard InChI is InChI=1S/C21H24NO2.C20H19F3NO2.C19H19N2O4/c1-13-7-8-15(3)16(9-13)12-22-18-11-14(2)10-17(21(4,5)6)19(18)24-20(22)23;1-12-9-15(19(2,3)4)17-16(10-12)24(18(25)26-17)11-13-5-7-14(8-6-13)20(21,22)23;1-12-9-15(19(2,3)4)17-16(10-12)20(18(22)25-17)11-13-5-7-14(8-6-13)21(23)24/h7-12H,1-6H3;5-11H,1-4H3;5-11H,1-4H3/q3*+1/b22-12+;24-11+;20-11+. The highest BCUT2D eigenvalue weighted by atomic mass is 19.4. The predicted molar refractivity (Wildman–Crippen MR) is 283 cm³/mol. The molecular formula is C60H62F3N4O8+3. The van der Waals surface area contributed by atoms with Crippen molar-refractivity contribution in [1.29, 1.82) is 0 Å². The fourth-order valence-corrected chi connectivity index (χ4v) is 8.64. The molecule has 0 bridgehead atoms. The topological polar surface area (TPSA) is 131 Å². The van der Waals surface area contributed by atoms with Gasteiger partial charge in [0.15, 0.2) is 18.6 Å². The molecule has 0 aromatic heterocycles. The summed E-state index contributed by atoms with van der Waals surface area (Å²) < 4.78 is 59.1. The van der Waals surface area contributed by atoms with Gasteiger partial charge in [0, 0.05) is 63.7 Å². The van der Waals surface area contributed by atoms with Crippen LogP contribution in [0.2, 0.25) is 0 Å². The molecule has 0 unspecified atom stereocenters. The lowest BCUT2D eigenvalue weighted by molar-refractivity contribution is -0.384. The first-order chi connectivity index (χ1) is 34.8. The first-order valence-corrected chi connectivity index (χ1v) is 24.3. The molecule has 3 heterocycles. The first kappa shape index (κ1) is 54.7. The van der Waals surface area contributed by atoms with E-state index in [1.54, 1.807) is 22.9 Å². The van der Waals surface area contributed by atoms with Gasteiger partial charge < -0.3 is 14.2 Å². The molecule has 6 aromatic rings. The molecule has 0 saturated heterocycles. The van der Waals surface area contributed by atoms with Crippen LogP contribution in [-0.4, -0.2) is 55.6 Å². The molecule has 0 fully saturated rings. The Morgan fingerprint density at radius 3 is 1.15 bits per heavy atom. The van der Waals surface area contributed by atoms with Gasteiger partial charge in [-0.05, 0) is 116 Å².